The number of benzene rings is 2. The average molecular weight is 366 g/mol. The molecule has 0 saturated carbocycles. The number of halogens is 1. The number of fused-ring (bicyclic) bond motifs is 1. The molecule has 0 bridgehead atoms. The largest absolute Gasteiger partial charge is 0.361 e. The Hall–Kier alpha value is -3.12. The van der Waals surface area contributed by atoms with Gasteiger partial charge in [0.15, 0.2) is 0 Å². The van der Waals surface area contributed by atoms with Crippen LogP contribution in [-0.2, 0) is 11.2 Å². The van der Waals surface area contributed by atoms with Crippen LogP contribution in [0.25, 0.3) is 10.9 Å². The molecule has 0 radical (unpaired) electrons. The molecule has 5 nitrogen and oxygen atoms in total. The van der Waals surface area contributed by atoms with Gasteiger partial charge in [0.25, 0.3) is 0 Å². The van der Waals surface area contributed by atoms with Crippen LogP contribution >= 0.6 is 0 Å². The Morgan fingerprint density at radius 1 is 1.15 bits per heavy atom. The van der Waals surface area contributed by atoms with Crippen LogP contribution in [0.1, 0.15) is 5.56 Å². The van der Waals surface area contributed by atoms with Crippen LogP contribution in [0.2, 0.25) is 0 Å². The first-order valence-corrected chi connectivity index (χ1v) is 8.65. The van der Waals surface area contributed by atoms with Gasteiger partial charge in [0, 0.05) is 40.7 Å². The summed E-state index contributed by atoms with van der Waals surface area (Å²) in [5.41, 5.74) is 3.95. The molecule has 1 aromatic heterocycles. The van der Waals surface area contributed by atoms with Gasteiger partial charge in [-0.15, -0.1) is 0 Å². The van der Waals surface area contributed by atoms with E-state index < -0.39 is 0 Å². The molecule has 140 valence electrons. The van der Waals surface area contributed by atoms with Crippen molar-refractivity contribution in [1.82, 2.24) is 9.88 Å². The van der Waals surface area contributed by atoms with E-state index in [1.165, 1.54) is 12.1 Å². The molecular weight excluding hydrogens is 343 g/mol. The van der Waals surface area contributed by atoms with E-state index in [1.54, 1.807) is 12.3 Å². The van der Waals surface area contributed by atoms with E-state index in [4.69, 9.17) is 0 Å². The lowest BCUT2D eigenvalue weighted by Gasteiger charge is -2.15. The third kappa shape index (κ3) is 4.95. The fourth-order valence-electron chi connectivity index (χ4n) is 2.98. The van der Waals surface area contributed by atoms with E-state index in [9.17, 15) is 9.18 Å². The first-order chi connectivity index (χ1) is 12.9. The van der Waals surface area contributed by atoms with E-state index in [0.717, 1.165) is 28.9 Å². The van der Waals surface area contributed by atoms with Gasteiger partial charge in [-0.3, -0.25) is 4.79 Å². The fourth-order valence-corrected chi connectivity index (χ4v) is 2.98. The second-order valence-electron chi connectivity index (χ2n) is 6.78. The van der Waals surface area contributed by atoms with Crippen molar-refractivity contribution >= 4 is 28.2 Å². The van der Waals surface area contributed by atoms with Crippen molar-refractivity contribution in [3.8, 4) is 0 Å². The van der Waals surface area contributed by atoms with Crippen molar-refractivity contribution in [2.75, 3.05) is 31.3 Å². The molecule has 1 amide bonds. The number of H-pyrrole nitrogens is 1. The van der Waals surface area contributed by atoms with Gasteiger partial charge in [-0.05, 0) is 56.1 Å². The van der Waals surface area contributed by atoms with E-state index in [2.05, 4.69) is 22.2 Å². The summed E-state index contributed by atoms with van der Waals surface area (Å²) in [5.74, 6) is -0.440. The average Bonchev–Trinajstić information content (AvgIpc) is 2.96. The Morgan fingerprint density at radius 2 is 1.89 bits per heavy atom. The molecule has 0 unspecified atom stereocenters. The Labute approximate surface area is 157 Å². The van der Waals surface area contributed by atoms with Crippen molar-refractivity contribution in [2.24, 2.45) is 0 Å². The molecule has 0 aliphatic carbocycles. The number of amides is 1. The molecule has 3 rings (SSSR count). The van der Waals surface area contributed by atoms with Gasteiger partial charge in [0.2, 0.25) is 5.91 Å². The van der Waals surface area contributed by atoms with Crippen molar-refractivity contribution < 1.29 is 9.18 Å². The van der Waals surface area contributed by atoms with Gasteiger partial charge >= 0.3 is 0 Å². The van der Waals surface area contributed by atoms with Crippen molar-refractivity contribution in [3.05, 3.63) is 72.3 Å². The highest BCUT2D eigenvalue weighted by atomic mass is 19.1. The zero-order valence-electron chi connectivity index (χ0n) is 15.5. The zero-order valence-corrected chi connectivity index (χ0v) is 15.5. The smallest absolute Gasteiger partial charge is 0.228 e. The molecule has 3 aromatic rings. The summed E-state index contributed by atoms with van der Waals surface area (Å²) in [4.78, 5) is 17.4. The summed E-state index contributed by atoms with van der Waals surface area (Å²) in [6.07, 6.45) is 1.95. The van der Waals surface area contributed by atoms with Crippen LogP contribution in [0.5, 0.6) is 0 Å². The topological polar surface area (TPSA) is 60.2 Å². The third-order valence-electron chi connectivity index (χ3n) is 4.06. The van der Waals surface area contributed by atoms with Gasteiger partial charge in [-0.25, -0.2) is 4.39 Å². The molecule has 0 aliphatic rings. The molecule has 0 saturated heterocycles. The summed E-state index contributed by atoms with van der Waals surface area (Å²) in [7, 11) is 3.95. The molecular formula is C21H23FN4O. The second-order valence-corrected chi connectivity index (χ2v) is 6.78. The lowest BCUT2D eigenvalue weighted by Crippen LogP contribution is -2.18. The van der Waals surface area contributed by atoms with Gasteiger partial charge in [0.05, 0.1) is 6.42 Å². The highest BCUT2D eigenvalue weighted by molar-refractivity contribution is 5.96. The standard InChI is InChI=1S/C21H23FN4O/c1-14(13-26(2)3)24-17-5-4-6-18(11-17)25-21(27)9-15-12-23-20-10-16(22)7-8-19(15)20/h4-8,10-12,23-24H,1,9,13H2,2-3H3,(H,25,27). The molecule has 0 fully saturated rings. The number of hydrogen-bond acceptors (Lipinski definition) is 3. The van der Waals surface area contributed by atoms with E-state index in [0.29, 0.717) is 11.2 Å². The minimum atomic E-state index is -0.305. The van der Waals surface area contributed by atoms with Crippen LogP contribution in [-0.4, -0.2) is 36.4 Å². The maximum atomic E-state index is 13.3. The second kappa shape index (κ2) is 8.05. The van der Waals surface area contributed by atoms with Gasteiger partial charge in [-0.2, -0.15) is 0 Å². The number of carbonyl (C=O) groups excluding carboxylic acids is 1. The Bertz CT molecular complexity index is 977. The quantitative estimate of drug-likeness (QED) is 0.593. The normalized spacial score (nSPS) is 11.0. The molecule has 3 N–H and O–H groups in total. The number of likely N-dealkylation sites (N-methyl/N-ethyl adjacent to an activating group) is 1. The van der Waals surface area contributed by atoms with Crippen molar-refractivity contribution in [2.45, 2.75) is 6.42 Å². The highest BCUT2D eigenvalue weighted by Crippen LogP contribution is 2.21. The molecule has 1 heterocycles. The third-order valence-corrected chi connectivity index (χ3v) is 4.06. The van der Waals surface area contributed by atoms with Crippen LogP contribution in [0.3, 0.4) is 0 Å². The summed E-state index contributed by atoms with van der Waals surface area (Å²) in [6.45, 7) is 4.72. The first-order valence-electron chi connectivity index (χ1n) is 8.65. The van der Waals surface area contributed by atoms with Crippen molar-refractivity contribution in [3.63, 3.8) is 0 Å². The van der Waals surface area contributed by atoms with Crippen molar-refractivity contribution in [1.29, 1.82) is 0 Å². The Balaban J connectivity index is 1.65. The molecule has 0 spiro atoms. The number of anilines is 2. The summed E-state index contributed by atoms with van der Waals surface area (Å²) < 4.78 is 13.3. The summed E-state index contributed by atoms with van der Waals surface area (Å²) in [5, 5.41) is 6.99. The number of aromatic nitrogens is 1. The number of nitrogens with one attached hydrogen (secondary N) is 3. The summed E-state index contributed by atoms with van der Waals surface area (Å²) >= 11 is 0. The maximum absolute atomic E-state index is 13.3. The molecule has 0 atom stereocenters. The molecule has 0 aliphatic heterocycles. The SMILES string of the molecule is C=C(CN(C)C)Nc1cccc(NC(=O)Cc2c[nH]c3cc(F)ccc23)c1. The summed E-state index contributed by atoms with van der Waals surface area (Å²) in [6, 6.07) is 12.0. The predicted octanol–water partition coefficient (Wildman–Crippen LogP) is 3.98. The van der Waals surface area contributed by atoms with Crippen LogP contribution in [0.4, 0.5) is 15.8 Å². The molecule has 6 heteroatoms. The molecule has 27 heavy (non-hydrogen) atoms. The van der Waals surface area contributed by atoms with E-state index in [-0.39, 0.29) is 18.1 Å². The lowest BCUT2D eigenvalue weighted by atomic mass is 10.1. The molecule has 2 aromatic carbocycles. The van der Waals surface area contributed by atoms with Gasteiger partial charge < -0.3 is 20.5 Å². The monoisotopic (exact) mass is 366 g/mol. The minimum absolute atomic E-state index is 0.135. The Kier molecular flexibility index (Phi) is 5.57. The minimum Gasteiger partial charge on any atom is -0.361 e. The zero-order chi connectivity index (χ0) is 19.4. The lowest BCUT2D eigenvalue weighted by molar-refractivity contribution is -0.115. The number of carbonyl (C=O) groups is 1. The predicted molar refractivity (Wildman–Crippen MR) is 108 cm³/mol. The number of rotatable bonds is 7. The van der Waals surface area contributed by atoms with Gasteiger partial charge in [0.1, 0.15) is 5.82 Å². The Morgan fingerprint density at radius 3 is 2.63 bits per heavy atom. The van der Waals surface area contributed by atoms with Gasteiger partial charge in [-0.1, -0.05) is 12.6 Å². The van der Waals surface area contributed by atoms with Crippen LogP contribution in [0, 0.1) is 5.82 Å². The highest BCUT2D eigenvalue weighted by Gasteiger charge is 2.10. The number of nitrogens with zero attached hydrogens (tertiary/aromatic N) is 1. The van der Waals surface area contributed by atoms with Crippen LogP contribution in [0.15, 0.2) is 60.9 Å². The number of aromatic amines is 1. The first kappa shape index (κ1) is 18.7. The van der Waals surface area contributed by atoms with E-state index >= 15 is 0 Å². The fraction of sp³-hybridized carbons (Fsp3) is 0.190. The number of hydrogen-bond donors (Lipinski definition) is 3. The van der Waals surface area contributed by atoms with E-state index in [1.807, 2.05) is 43.3 Å². The maximum Gasteiger partial charge on any atom is 0.228 e. The van der Waals surface area contributed by atoms with Crippen LogP contribution < -0.4 is 10.6 Å².